The Bertz CT molecular complexity index is 1470. The molecule has 1 aliphatic heterocycles. The average Bonchev–Trinajstić information content (AvgIpc) is 2.90. The summed E-state index contributed by atoms with van der Waals surface area (Å²) < 4.78 is 92.6. The first-order valence-electron chi connectivity index (χ1n) is 11.3. The van der Waals surface area contributed by atoms with Crippen molar-refractivity contribution < 1.29 is 40.2 Å². The molecular weight excluding hydrogens is 528 g/mol. The fourth-order valence-electron chi connectivity index (χ4n) is 3.85. The van der Waals surface area contributed by atoms with Crippen LogP contribution in [0.1, 0.15) is 29.7 Å². The van der Waals surface area contributed by atoms with E-state index in [4.69, 9.17) is 4.74 Å². The maximum Gasteiger partial charge on any atom is 0.416 e. The van der Waals surface area contributed by atoms with Crippen molar-refractivity contribution in [3.63, 3.8) is 0 Å². The highest BCUT2D eigenvalue weighted by atomic mass is 32.2. The zero-order chi connectivity index (χ0) is 27.5. The van der Waals surface area contributed by atoms with Crippen molar-refractivity contribution in [2.75, 3.05) is 18.0 Å². The van der Waals surface area contributed by atoms with E-state index in [9.17, 15) is 30.8 Å². The molecule has 0 bridgehead atoms. The Kier molecular flexibility index (Phi) is 7.72. The van der Waals surface area contributed by atoms with Gasteiger partial charge in [0.1, 0.15) is 17.7 Å². The molecule has 3 aromatic rings. The molecule has 1 atom stereocenters. The van der Waals surface area contributed by atoms with Gasteiger partial charge in [0.25, 0.3) is 10.0 Å². The number of hydrogen-bond acceptors (Lipinski definition) is 6. The number of halogens is 4. The molecule has 0 amide bonds. The predicted molar refractivity (Wildman–Crippen MR) is 131 cm³/mol. The molecule has 0 aliphatic carbocycles. The second kappa shape index (κ2) is 10.8. The normalized spacial score (nSPS) is 15.7. The van der Waals surface area contributed by atoms with Crippen LogP contribution >= 0.6 is 0 Å². The van der Waals surface area contributed by atoms with Crippen LogP contribution in [0.2, 0.25) is 0 Å². The molecule has 0 saturated heterocycles. The molecule has 7 nitrogen and oxygen atoms in total. The molecule has 0 radical (unpaired) electrons. The number of sulfonamides is 1. The first-order valence-corrected chi connectivity index (χ1v) is 12.8. The van der Waals surface area contributed by atoms with Crippen LogP contribution in [0.15, 0.2) is 65.7 Å². The van der Waals surface area contributed by atoms with Crippen LogP contribution in [0.25, 0.3) is 12.2 Å². The third-order valence-electron chi connectivity index (χ3n) is 5.78. The van der Waals surface area contributed by atoms with Gasteiger partial charge in [-0.1, -0.05) is 18.2 Å². The number of nitrogens with zero attached hydrogens (tertiary/aromatic N) is 2. The number of carbonyl (C=O) groups is 1. The third-order valence-corrected chi connectivity index (χ3v) is 7.56. The second-order valence-corrected chi connectivity index (χ2v) is 10.2. The number of rotatable bonds is 7. The van der Waals surface area contributed by atoms with Crippen LogP contribution < -0.4 is 9.04 Å². The van der Waals surface area contributed by atoms with Crippen LogP contribution in [0.5, 0.6) is 5.75 Å². The summed E-state index contributed by atoms with van der Waals surface area (Å²) in [5.41, 5.74) is -0.490. The zero-order valence-corrected chi connectivity index (χ0v) is 20.8. The first kappa shape index (κ1) is 27.1. The van der Waals surface area contributed by atoms with Gasteiger partial charge in [0.15, 0.2) is 0 Å². The predicted octanol–water partition coefficient (Wildman–Crippen LogP) is 5.32. The summed E-state index contributed by atoms with van der Waals surface area (Å²) in [4.78, 5) is 15.0. The Balaban J connectivity index is 1.74. The smallest absolute Gasteiger partial charge is 0.416 e. The number of aromatic nitrogens is 1. The van der Waals surface area contributed by atoms with Gasteiger partial charge in [-0.25, -0.2) is 12.8 Å². The van der Waals surface area contributed by atoms with Crippen molar-refractivity contribution in [1.29, 1.82) is 0 Å². The molecule has 1 unspecified atom stereocenters. The van der Waals surface area contributed by atoms with Crippen molar-refractivity contribution in [2.45, 2.75) is 30.0 Å². The molecule has 1 aliphatic rings. The molecule has 38 heavy (non-hydrogen) atoms. The minimum absolute atomic E-state index is 0.0512. The quantitative estimate of drug-likeness (QED) is 0.293. The van der Waals surface area contributed by atoms with Gasteiger partial charge >= 0.3 is 12.1 Å². The first-order chi connectivity index (χ1) is 18.0. The molecule has 12 heteroatoms. The third kappa shape index (κ3) is 5.96. The summed E-state index contributed by atoms with van der Waals surface area (Å²) in [7, 11) is -3.27. The van der Waals surface area contributed by atoms with Crippen molar-refractivity contribution in [3.8, 4) is 5.75 Å². The number of fused-ring (bicyclic) bond motifs is 1. The second-order valence-electron chi connectivity index (χ2n) is 8.35. The number of hydrogen-bond donors (Lipinski definition) is 0. The SMILES string of the molecule is COC(=O)CCC1CN(S(=O)(=O)c2cccc(C(F)(F)F)c2)c2cc(C=Cc3ncccc3F)ccc2O1. The molecule has 0 saturated carbocycles. The van der Waals surface area contributed by atoms with E-state index in [0.717, 1.165) is 22.5 Å². The molecule has 0 N–H and O–H groups in total. The minimum Gasteiger partial charge on any atom is -0.486 e. The van der Waals surface area contributed by atoms with Gasteiger partial charge in [-0.15, -0.1) is 0 Å². The lowest BCUT2D eigenvalue weighted by Gasteiger charge is -2.35. The number of benzene rings is 2. The number of methoxy groups -OCH3 is 1. The summed E-state index contributed by atoms with van der Waals surface area (Å²) in [6, 6.07) is 10.7. The van der Waals surface area contributed by atoms with E-state index in [1.165, 1.54) is 49.7 Å². The highest BCUT2D eigenvalue weighted by molar-refractivity contribution is 7.92. The highest BCUT2D eigenvalue weighted by Crippen LogP contribution is 2.40. The van der Waals surface area contributed by atoms with Crippen molar-refractivity contribution >= 4 is 33.8 Å². The van der Waals surface area contributed by atoms with Crippen molar-refractivity contribution in [2.24, 2.45) is 0 Å². The van der Waals surface area contributed by atoms with Crippen LogP contribution in [0, 0.1) is 5.82 Å². The Morgan fingerprint density at radius 1 is 1.16 bits per heavy atom. The van der Waals surface area contributed by atoms with Crippen LogP contribution in [-0.2, 0) is 25.7 Å². The zero-order valence-electron chi connectivity index (χ0n) is 20.0. The number of pyridine rings is 1. The Hall–Kier alpha value is -3.93. The lowest BCUT2D eigenvalue weighted by molar-refractivity contribution is -0.141. The number of alkyl halides is 3. The number of carbonyl (C=O) groups excluding carboxylic acids is 1. The molecule has 0 spiro atoms. The maximum atomic E-state index is 14.0. The summed E-state index contributed by atoms with van der Waals surface area (Å²) in [5.74, 6) is -0.913. The van der Waals surface area contributed by atoms with E-state index in [2.05, 4.69) is 9.72 Å². The van der Waals surface area contributed by atoms with Gasteiger partial charge in [-0.05, 0) is 60.5 Å². The Morgan fingerprint density at radius 3 is 2.66 bits per heavy atom. The van der Waals surface area contributed by atoms with E-state index < -0.39 is 44.5 Å². The standard InChI is InChI=1S/C26H22F4N2O5S/c1-36-25(33)12-9-19-16-32(38(34,35)20-5-2-4-18(15-20)26(28,29)30)23-14-17(8-11-24(23)37-19)7-10-22-21(27)6-3-13-31-22/h2-8,10-11,13-15,19H,9,12,16H2,1H3. The van der Waals surface area contributed by atoms with Gasteiger partial charge in [0.05, 0.1) is 35.5 Å². The molecule has 2 aromatic carbocycles. The van der Waals surface area contributed by atoms with E-state index in [1.807, 2.05) is 0 Å². The van der Waals surface area contributed by atoms with E-state index in [0.29, 0.717) is 11.6 Å². The molecule has 4 rings (SSSR count). The topological polar surface area (TPSA) is 85.8 Å². The van der Waals surface area contributed by atoms with Crippen LogP contribution in [-0.4, -0.2) is 39.1 Å². The summed E-state index contributed by atoms with van der Waals surface area (Å²) in [5, 5.41) is 0. The summed E-state index contributed by atoms with van der Waals surface area (Å²) in [6.07, 6.45) is -1.11. The number of anilines is 1. The van der Waals surface area contributed by atoms with E-state index in [1.54, 1.807) is 6.07 Å². The average molecular weight is 551 g/mol. The fourth-order valence-corrected chi connectivity index (χ4v) is 5.39. The number of esters is 1. The minimum atomic E-state index is -4.74. The van der Waals surface area contributed by atoms with Crippen LogP contribution in [0.3, 0.4) is 0 Å². The highest BCUT2D eigenvalue weighted by Gasteiger charge is 2.37. The van der Waals surface area contributed by atoms with Gasteiger partial charge in [-0.3, -0.25) is 14.1 Å². The fraction of sp³-hybridized carbons (Fsp3) is 0.231. The molecular formula is C26H22F4N2O5S. The van der Waals surface area contributed by atoms with Crippen molar-refractivity contribution in [3.05, 3.63) is 83.4 Å². The summed E-state index contributed by atoms with van der Waals surface area (Å²) in [6.45, 7) is -0.259. The Labute approximate surface area is 216 Å². The van der Waals surface area contributed by atoms with E-state index in [-0.39, 0.29) is 36.5 Å². The lowest BCUT2D eigenvalue weighted by atomic mass is 10.1. The largest absolute Gasteiger partial charge is 0.486 e. The molecule has 200 valence electrons. The van der Waals surface area contributed by atoms with Gasteiger partial charge < -0.3 is 9.47 Å². The monoisotopic (exact) mass is 550 g/mol. The van der Waals surface area contributed by atoms with Gasteiger partial charge in [0, 0.05) is 12.6 Å². The Morgan fingerprint density at radius 2 is 1.95 bits per heavy atom. The van der Waals surface area contributed by atoms with Gasteiger partial charge in [-0.2, -0.15) is 13.2 Å². The maximum absolute atomic E-state index is 14.0. The summed E-state index contributed by atoms with van der Waals surface area (Å²) >= 11 is 0. The lowest BCUT2D eigenvalue weighted by Crippen LogP contribution is -2.43. The molecule has 2 heterocycles. The number of ether oxygens (including phenoxy) is 2. The van der Waals surface area contributed by atoms with Crippen molar-refractivity contribution in [1.82, 2.24) is 4.98 Å². The molecule has 1 aromatic heterocycles. The van der Waals surface area contributed by atoms with E-state index >= 15 is 0 Å². The van der Waals surface area contributed by atoms with Gasteiger partial charge in [0.2, 0.25) is 0 Å². The van der Waals surface area contributed by atoms with Crippen LogP contribution in [0.4, 0.5) is 23.2 Å². The molecule has 0 fully saturated rings.